The third kappa shape index (κ3) is 3.66. The Labute approximate surface area is 151 Å². The first kappa shape index (κ1) is 16.8. The highest BCUT2D eigenvalue weighted by Crippen LogP contribution is 2.51. The molecule has 0 amide bonds. The average molecular weight is 336 g/mol. The summed E-state index contributed by atoms with van der Waals surface area (Å²) in [6.45, 7) is 2.42. The van der Waals surface area contributed by atoms with Gasteiger partial charge in [-0.3, -0.25) is 0 Å². The first-order valence-corrected chi connectivity index (χ1v) is 9.99. The maximum Gasteiger partial charge on any atom is 0.123 e. The van der Waals surface area contributed by atoms with Gasteiger partial charge in [0.1, 0.15) is 5.82 Å². The lowest BCUT2D eigenvalue weighted by atomic mass is 9.61. The molecule has 2 aromatic rings. The molecule has 0 atom stereocenters. The lowest BCUT2D eigenvalue weighted by Gasteiger charge is -2.44. The fraction of sp³-hybridized carbons (Fsp3) is 0.500. The molecule has 0 aliphatic heterocycles. The third-order valence-corrected chi connectivity index (χ3v) is 6.92. The van der Waals surface area contributed by atoms with Crippen molar-refractivity contribution in [3.63, 3.8) is 0 Å². The molecule has 0 heterocycles. The summed E-state index contributed by atoms with van der Waals surface area (Å²) in [6.07, 6.45) is 11.3. The van der Waals surface area contributed by atoms with Gasteiger partial charge in [0, 0.05) is 0 Å². The van der Waals surface area contributed by atoms with Crippen molar-refractivity contribution >= 4 is 0 Å². The van der Waals surface area contributed by atoms with Crippen LogP contribution < -0.4 is 0 Å². The van der Waals surface area contributed by atoms with Crippen LogP contribution in [-0.2, 0) is 0 Å². The minimum absolute atomic E-state index is 0.166. The SMILES string of the molecule is CC1CCC2(CC1)CCC(c1ccc(-c3cccc(F)c3)cc1)CC2. The highest BCUT2D eigenvalue weighted by molar-refractivity contribution is 5.63. The van der Waals surface area contributed by atoms with E-state index in [0.717, 1.165) is 17.0 Å². The van der Waals surface area contributed by atoms with Gasteiger partial charge in [-0.15, -0.1) is 0 Å². The molecular weight excluding hydrogens is 307 g/mol. The van der Waals surface area contributed by atoms with Crippen LogP contribution in [0.1, 0.15) is 69.8 Å². The smallest absolute Gasteiger partial charge is 0.123 e. The molecule has 1 spiro atoms. The fourth-order valence-corrected chi connectivity index (χ4v) is 5.05. The van der Waals surface area contributed by atoms with E-state index in [1.54, 1.807) is 12.1 Å². The maximum atomic E-state index is 13.4. The van der Waals surface area contributed by atoms with Crippen molar-refractivity contribution in [3.8, 4) is 11.1 Å². The Kier molecular flexibility index (Phi) is 4.67. The second-order valence-corrected chi connectivity index (χ2v) is 8.59. The van der Waals surface area contributed by atoms with Gasteiger partial charge in [0.05, 0.1) is 0 Å². The Morgan fingerprint density at radius 3 is 2.08 bits per heavy atom. The van der Waals surface area contributed by atoms with Crippen LogP contribution in [0.4, 0.5) is 4.39 Å². The van der Waals surface area contributed by atoms with Crippen LogP contribution >= 0.6 is 0 Å². The molecule has 0 unspecified atom stereocenters. The zero-order valence-corrected chi connectivity index (χ0v) is 15.3. The largest absolute Gasteiger partial charge is 0.207 e. The van der Waals surface area contributed by atoms with Gasteiger partial charge in [-0.1, -0.05) is 56.2 Å². The summed E-state index contributed by atoms with van der Waals surface area (Å²) in [4.78, 5) is 0. The van der Waals surface area contributed by atoms with Crippen molar-refractivity contribution < 1.29 is 4.39 Å². The van der Waals surface area contributed by atoms with Gasteiger partial charge in [0.25, 0.3) is 0 Å². The number of rotatable bonds is 2. The summed E-state index contributed by atoms with van der Waals surface area (Å²) >= 11 is 0. The van der Waals surface area contributed by atoms with Crippen molar-refractivity contribution in [2.45, 2.75) is 64.2 Å². The van der Waals surface area contributed by atoms with Crippen LogP contribution in [0.15, 0.2) is 48.5 Å². The number of halogens is 1. The standard InChI is InChI=1S/C24H29F/c1-18-9-13-24(14-10-18)15-11-21(12-16-24)19-5-7-20(8-6-19)22-3-2-4-23(25)17-22/h2-8,17-18,21H,9-16H2,1H3. The minimum Gasteiger partial charge on any atom is -0.207 e. The van der Waals surface area contributed by atoms with Gasteiger partial charge < -0.3 is 0 Å². The van der Waals surface area contributed by atoms with E-state index in [9.17, 15) is 4.39 Å². The average Bonchev–Trinajstić information content (AvgIpc) is 2.65. The van der Waals surface area contributed by atoms with Gasteiger partial charge in [-0.25, -0.2) is 4.39 Å². The minimum atomic E-state index is -0.166. The van der Waals surface area contributed by atoms with Crippen molar-refractivity contribution in [2.24, 2.45) is 11.3 Å². The number of hydrogen-bond donors (Lipinski definition) is 0. The molecule has 1 heteroatoms. The molecule has 0 nitrogen and oxygen atoms in total. The summed E-state index contributed by atoms with van der Waals surface area (Å²) in [5.41, 5.74) is 4.21. The molecule has 25 heavy (non-hydrogen) atoms. The molecule has 0 aromatic heterocycles. The van der Waals surface area contributed by atoms with Crippen molar-refractivity contribution in [1.82, 2.24) is 0 Å². The van der Waals surface area contributed by atoms with Gasteiger partial charge in [-0.05, 0) is 84.6 Å². The highest BCUT2D eigenvalue weighted by Gasteiger charge is 2.37. The second kappa shape index (κ2) is 6.94. The van der Waals surface area contributed by atoms with E-state index in [-0.39, 0.29) is 5.82 Å². The monoisotopic (exact) mass is 336 g/mol. The summed E-state index contributed by atoms with van der Waals surface area (Å²) in [5, 5.41) is 0. The maximum absolute atomic E-state index is 13.4. The van der Waals surface area contributed by atoms with Gasteiger partial charge in [0.15, 0.2) is 0 Å². The fourth-order valence-electron chi connectivity index (χ4n) is 5.05. The highest BCUT2D eigenvalue weighted by atomic mass is 19.1. The van der Waals surface area contributed by atoms with E-state index in [2.05, 4.69) is 31.2 Å². The first-order valence-electron chi connectivity index (χ1n) is 9.99. The molecule has 0 saturated heterocycles. The summed E-state index contributed by atoms with van der Waals surface area (Å²) in [7, 11) is 0. The van der Waals surface area contributed by atoms with Crippen LogP contribution in [0.25, 0.3) is 11.1 Å². The molecule has 0 radical (unpaired) electrons. The van der Waals surface area contributed by atoms with Crippen LogP contribution in [0.5, 0.6) is 0 Å². The predicted octanol–water partition coefficient (Wildman–Crippen LogP) is 7.35. The lowest BCUT2D eigenvalue weighted by Crippen LogP contribution is -2.31. The normalized spacial score (nSPS) is 29.7. The van der Waals surface area contributed by atoms with E-state index < -0.39 is 0 Å². The third-order valence-electron chi connectivity index (χ3n) is 6.92. The Balaban J connectivity index is 1.42. The number of benzene rings is 2. The molecule has 2 aliphatic carbocycles. The van der Waals surface area contributed by atoms with Gasteiger partial charge in [-0.2, -0.15) is 0 Å². The van der Waals surface area contributed by atoms with E-state index >= 15 is 0 Å². The van der Waals surface area contributed by atoms with Crippen LogP contribution in [-0.4, -0.2) is 0 Å². The van der Waals surface area contributed by atoms with E-state index in [0.29, 0.717) is 11.3 Å². The lowest BCUT2D eigenvalue weighted by molar-refractivity contribution is 0.0936. The molecular formula is C24H29F. The second-order valence-electron chi connectivity index (χ2n) is 8.59. The van der Waals surface area contributed by atoms with E-state index in [4.69, 9.17) is 0 Å². The Morgan fingerprint density at radius 1 is 0.800 bits per heavy atom. The molecule has 2 aromatic carbocycles. The molecule has 0 N–H and O–H groups in total. The molecule has 2 aliphatic rings. The van der Waals surface area contributed by atoms with Crippen LogP contribution in [0.2, 0.25) is 0 Å². The van der Waals surface area contributed by atoms with Crippen LogP contribution in [0.3, 0.4) is 0 Å². The summed E-state index contributed by atoms with van der Waals surface area (Å²) in [5.74, 6) is 1.49. The summed E-state index contributed by atoms with van der Waals surface area (Å²) in [6, 6.07) is 15.7. The zero-order chi connectivity index (χ0) is 17.3. The van der Waals surface area contributed by atoms with Crippen molar-refractivity contribution in [2.75, 3.05) is 0 Å². The van der Waals surface area contributed by atoms with Crippen molar-refractivity contribution in [3.05, 3.63) is 59.9 Å². The molecule has 2 fully saturated rings. The quantitative estimate of drug-likeness (QED) is 0.538. The Hall–Kier alpha value is -1.63. The van der Waals surface area contributed by atoms with E-state index in [1.165, 1.54) is 63.0 Å². The topological polar surface area (TPSA) is 0 Å². The number of hydrogen-bond acceptors (Lipinski definition) is 0. The zero-order valence-electron chi connectivity index (χ0n) is 15.3. The van der Waals surface area contributed by atoms with Crippen molar-refractivity contribution in [1.29, 1.82) is 0 Å². The predicted molar refractivity (Wildman–Crippen MR) is 103 cm³/mol. The van der Waals surface area contributed by atoms with Gasteiger partial charge >= 0.3 is 0 Å². The summed E-state index contributed by atoms with van der Waals surface area (Å²) < 4.78 is 13.4. The van der Waals surface area contributed by atoms with Crippen LogP contribution in [0, 0.1) is 17.2 Å². The molecule has 132 valence electrons. The van der Waals surface area contributed by atoms with Gasteiger partial charge in [0.2, 0.25) is 0 Å². The Bertz CT molecular complexity index is 697. The van der Waals surface area contributed by atoms with E-state index in [1.807, 2.05) is 6.07 Å². The molecule has 2 saturated carbocycles. The Morgan fingerprint density at radius 2 is 1.44 bits per heavy atom. The molecule has 0 bridgehead atoms. The first-order chi connectivity index (χ1) is 12.1. The molecule has 4 rings (SSSR count).